The number of ketones is 1. The lowest BCUT2D eigenvalue weighted by Crippen LogP contribution is -2.55. The fourth-order valence-corrected chi connectivity index (χ4v) is 6.34. The fourth-order valence-electron chi connectivity index (χ4n) is 5.11. The lowest BCUT2D eigenvalue weighted by Gasteiger charge is -2.34. The Morgan fingerprint density at radius 2 is 1.97 bits per heavy atom. The van der Waals surface area contributed by atoms with Gasteiger partial charge in [0.1, 0.15) is 30.5 Å². The highest BCUT2D eigenvalue weighted by Gasteiger charge is 2.53. The lowest BCUT2D eigenvalue weighted by atomic mass is 9.83. The number of hydrogen-bond acceptors (Lipinski definition) is 7. The van der Waals surface area contributed by atoms with Gasteiger partial charge in [-0.2, -0.15) is 4.39 Å². The highest BCUT2D eigenvalue weighted by atomic mass is 35.5. The summed E-state index contributed by atoms with van der Waals surface area (Å²) in [7, 11) is 0. The minimum atomic E-state index is -0.750. The fraction of sp³-hybridized carbons (Fsp3) is 0.522. The normalized spacial score (nSPS) is 25.9. The number of amides is 2. The van der Waals surface area contributed by atoms with Gasteiger partial charge in [0.15, 0.2) is 5.78 Å². The van der Waals surface area contributed by atoms with E-state index in [1.54, 1.807) is 12.1 Å². The number of ether oxygens (including phenoxy) is 1. The number of alkyl halides is 1. The summed E-state index contributed by atoms with van der Waals surface area (Å²) in [5, 5.41) is 9.73. The summed E-state index contributed by atoms with van der Waals surface area (Å²) in [4.78, 5) is 41.9. The molecule has 5 rings (SSSR count). The number of rotatable bonds is 5. The van der Waals surface area contributed by atoms with E-state index in [1.165, 1.54) is 28.4 Å². The molecule has 2 saturated heterocycles. The zero-order chi connectivity index (χ0) is 23.8. The molecule has 34 heavy (non-hydrogen) atoms. The first-order chi connectivity index (χ1) is 16.4. The van der Waals surface area contributed by atoms with E-state index in [1.807, 2.05) is 0 Å². The van der Waals surface area contributed by atoms with Crippen LogP contribution in [-0.4, -0.2) is 69.4 Å². The molecule has 0 spiro atoms. The molecular weight excluding hydrogens is 483 g/mol. The van der Waals surface area contributed by atoms with Crippen molar-refractivity contribution in [3.63, 3.8) is 0 Å². The van der Waals surface area contributed by atoms with Crippen LogP contribution < -0.4 is 5.32 Å². The highest BCUT2D eigenvalue weighted by Crippen LogP contribution is 2.34. The summed E-state index contributed by atoms with van der Waals surface area (Å²) in [5.74, 6) is -1.50. The first-order valence-electron chi connectivity index (χ1n) is 11.4. The smallest absolute Gasteiger partial charge is 0.262 e. The van der Waals surface area contributed by atoms with E-state index in [-0.39, 0.29) is 36.7 Å². The molecule has 2 aromatic rings. The van der Waals surface area contributed by atoms with E-state index in [0.717, 1.165) is 32.1 Å². The van der Waals surface area contributed by atoms with Crippen molar-refractivity contribution >= 4 is 40.5 Å². The van der Waals surface area contributed by atoms with E-state index in [4.69, 9.17) is 16.3 Å². The summed E-state index contributed by atoms with van der Waals surface area (Å²) in [6, 6.07) is 4.63. The molecule has 2 aliphatic heterocycles. The molecule has 3 fully saturated rings. The van der Waals surface area contributed by atoms with Gasteiger partial charge in [-0.05, 0) is 43.0 Å². The van der Waals surface area contributed by atoms with Gasteiger partial charge in [-0.15, -0.1) is 33.1 Å². The summed E-state index contributed by atoms with van der Waals surface area (Å²) in [6.07, 6.45) is 4.23. The maximum Gasteiger partial charge on any atom is 0.262 e. The molecule has 0 aromatic carbocycles. The molecule has 1 saturated carbocycles. The standard InChI is InChI=1S/C23H24ClFN4O4S/c24-13-10-29(20-15(30)11-33-21(13)20)23(32)19(12-4-2-1-3-5-12)26-22(31)17-8-7-16(34-17)14-6-9-18(25)28-27-14/h6-9,12-13,19-21H,1-5,10-11H2,(H,26,31)/t13-,19?,20+,21+/m0/s1. The second-order valence-electron chi connectivity index (χ2n) is 8.95. The number of likely N-dealkylation sites (tertiary alicyclic amines) is 1. The van der Waals surface area contributed by atoms with Gasteiger partial charge >= 0.3 is 0 Å². The average molecular weight is 507 g/mol. The van der Waals surface area contributed by atoms with Crippen LogP contribution in [0.3, 0.4) is 0 Å². The Bertz CT molecular complexity index is 1090. The Kier molecular flexibility index (Phi) is 6.63. The van der Waals surface area contributed by atoms with Crippen LogP contribution in [0, 0.1) is 11.9 Å². The number of carbonyl (C=O) groups excluding carboxylic acids is 3. The van der Waals surface area contributed by atoms with Gasteiger partial charge in [-0.3, -0.25) is 14.4 Å². The Morgan fingerprint density at radius 3 is 2.71 bits per heavy atom. The number of halogens is 2. The van der Waals surface area contributed by atoms with Crippen molar-refractivity contribution in [1.82, 2.24) is 20.4 Å². The van der Waals surface area contributed by atoms with Crippen LogP contribution in [0.4, 0.5) is 4.39 Å². The summed E-state index contributed by atoms with van der Waals surface area (Å²) in [5.41, 5.74) is 0.460. The van der Waals surface area contributed by atoms with Crippen molar-refractivity contribution in [2.75, 3.05) is 13.2 Å². The van der Waals surface area contributed by atoms with Crippen molar-refractivity contribution in [3.05, 3.63) is 35.1 Å². The molecule has 1 N–H and O–H groups in total. The van der Waals surface area contributed by atoms with Crippen molar-refractivity contribution in [2.45, 2.75) is 55.7 Å². The third-order valence-corrected chi connectivity index (χ3v) is 8.29. The first kappa shape index (κ1) is 23.3. The van der Waals surface area contributed by atoms with Crippen LogP contribution in [0.25, 0.3) is 10.6 Å². The molecule has 2 amide bonds. The third-order valence-electron chi connectivity index (χ3n) is 6.79. The topological polar surface area (TPSA) is 101 Å². The van der Waals surface area contributed by atoms with Crippen molar-refractivity contribution in [1.29, 1.82) is 0 Å². The van der Waals surface area contributed by atoms with Gasteiger partial charge in [-0.1, -0.05) is 19.3 Å². The van der Waals surface area contributed by atoms with Crippen LogP contribution in [-0.2, 0) is 14.3 Å². The number of nitrogens with zero attached hydrogens (tertiary/aromatic N) is 3. The minimum Gasteiger partial charge on any atom is -0.366 e. The van der Waals surface area contributed by atoms with Crippen LogP contribution in [0.15, 0.2) is 24.3 Å². The number of fused-ring (bicyclic) bond motifs is 1. The van der Waals surface area contributed by atoms with Gasteiger partial charge in [0.25, 0.3) is 5.91 Å². The second kappa shape index (κ2) is 9.67. The van der Waals surface area contributed by atoms with Gasteiger partial charge in [0.05, 0.1) is 15.1 Å². The van der Waals surface area contributed by atoms with Crippen molar-refractivity contribution in [3.8, 4) is 10.6 Å². The molecule has 3 aliphatic rings. The predicted molar refractivity (Wildman–Crippen MR) is 123 cm³/mol. The van der Waals surface area contributed by atoms with Crippen LogP contribution in [0.2, 0.25) is 0 Å². The maximum atomic E-state index is 13.7. The zero-order valence-electron chi connectivity index (χ0n) is 18.3. The Morgan fingerprint density at radius 1 is 1.18 bits per heavy atom. The molecule has 8 nitrogen and oxygen atoms in total. The SMILES string of the molecule is O=C(NC(C(=O)N1C[C@H](Cl)[C@H]2OCC(=O)[C@H]21)C1CCCCC1)c1ccc(-c2ccc(F)nn2)s1. The molecule has 4 heterocycles. The Hall–Kier alpha value is -2.43. The zero-order valence-corrected chi connectivity index (χ0v) is 19.9. The summed E-state index contributed by atoms with van der Waals surface area (Å²) in [6.45, 7) is 0.167. The molecule has 11 heteroatoms. The van der Waals surface area contributed by atoms with E-state index in [9.17, 15) is 18.8 Å². The highest BCUT2D eigenvalue weighted by molar-refractivity contribution is 7.17. The number of aromatic nitrogens is 2. The van der Waals surface area contributed by atoms with Crippen molar-refractivity contribution in [2.24, 2.45) is 5.92 Å². The van der Waals surface area contributed by atoms with E-state index in [2.05, 4.69) is 15.5 Å². The number of thiophene rings is 1. The quantitative estimate of drug-likeness (QED) is 0.626. The molecule has 0 radical (unpaired) electrons. The first-order valence-corrected chi connectivity index (χ1v) is 12.7. The molecule has 2 aromatic heterocycles. The second-order valence-corrected chi connectivity index (χ2v) is 10.6. The monoisotopic (exact) mass is 506 g/mol. The molecule has 1 unspecified atom stereocenters. The number of Topliss-reactive ketones (excluding diaryl/α,β-unsaturated/α-hetero) is 1. The van der Waals surface area contributed by atoms with Gasteiger partial charge in [0.2, 0.25) is 11.9 Å². The molecule has 4 atom stereocenters. The van der Waals surface area contributed by atoms with E-state index in [0.29, 0.717) is 15.4 Å². The van der Waals surface area contributed by atoms with Crippen LogP contribution in [0.5, 0.6) is 0 Å². The van der Waals surface area contributed by atoms with Gasteiger partial charge < -0.3 is 15.0 Å². The van der Waals surface area contributed by atoms with Crippen molar-refractivity contribution < 1.29 is 23.5 Å². The summed E-state index contributed by atoms with van der Waals surface area (Å²) < 4.78 is 18.6. The van der Waals surface area contributed by atoms with Gasteiger partial charge in [-0.25, -0.2) is 0 Å². The van der Waals surface area contributed by atoms with E-state index >= 15 is 0 Å². The average Bonchev–Trinajstić information content (AvgIpc) is 3.56. The van der Waals surface area contributed by atoms with Crippen LogP contribution in [0.1, 0.15) is 41.8 Å². The van der Waals surface area contributed by atoms with E-state index < -0.39 is 29.5 Å². The lowest BCUT2D eigenvalue weighted by molar-refractivity contribution is -0.139. The number of hydrogen-bond donors (Lipinski definition) is 1. The Balaban J connectivity index is 1.36. The number of nitrogens with one attached hydrogen (secondary N) is 1. The van der Waals surface area contributed by atoms with Crippen LogP contribution >= 0.6 is 22.9 Å². The van der Waals surface area contributed by atoms with Gasteiger partial charge in [0, 0.05) is 6.54 Å². The number of carbonyl (C=O) groups is 3. The largest absolute Gasteiger partial charge is 0.366 e. The Labute approximate surface area is 204 Å². The predicted octanol–water partition coefficient (Wildman–Crippen LogP) is 2.81. The summed E-state index contributed by atoms with van der Waals surface area (Å²) >= 11 is 7.58. The molecule has 180 valence electrons. The molecular formula is C23H24ClFN4O4S. The maximum absolute atomic E-state index is 13.7. The molecule has 0 bridgehead atoms. The molecule has 1 aliphatic carbocycles. The third kappa shape index (κ3) is 4.46. The minimum absolute atomic E-state index is 0.0159.